The highest BCUT2D eigenvalue weighted by atomic mass is 16.6. The van der Waals surface area contributed by atoms with Gasteiger partial charge in [-0.3, -0.25) is 14.5 Å². The Balaban J connectivity index is 1.39. The number of carbonyl (C=O) groups is 2. The third kappa shape index (κ3) is 4.25. The topological polar surface area (TPSA) is 49.9 Å². The number of esters is 1. The van der Waals surface area contributed by atoms with Gasteiger partial charge < -0.3 is 9.64 Å². The monoisotopic (exact) mass is 322 g/mol. The molecule has 130 valence electrons. The summed E-state index contributed by atoms with van der Waals surface area (Å²) in [5, 5.41) is 0. The summed E-state index contributed by atoms with van der Waals surface area (Å²) in [6, 6.07) is -0.0931. The van der Waals surface area contributed by atoms with E-state index in [1.807, 2.05) is 11.8 Å². The zero-order valence-corrected chi connectivity index (χ0v) is 14.3. The first-order valence-corrected chi connectivity index (χ1v) is 9.36. The van der Waals surface area contributed by atoms with Gasteiger partial charge in [-0.25, -0.2) is 0 Å². The van der Waals surface area contributed by atoms with Gasteiger partial charge in [-0.05, 0) is 19.3 Å². The van der Waals surface area contributed by atoms with Crippen molar-refractivity contribution in [2.75, 3.05) is 26.2 Å². The Morgan fingerprint density at radius 1 is 1.13 bits per heavy atom. The van der Waals surface area contributed by atoms with Gasteiger partial charge in [-0.2, -0.15) is 0 Å². The molecule has 0 aromatic rings. The third-order valence-electron chi connectivity index (χ3n) is 5.74. The molecular formula is C18H30N2O3. The fraction of sp³-hybridized carbons (Fsp3) is 0.889. The summed E-state index contributed by atoms with van der Waals surface area (Å²) in [6.45, 7) is 5.04. The van der Waals surface area contributed by atoms with E-state index >= 15 is 0 Å². The van der Waals surface area contributed by atoms with Crippen LogP contribution in [0.3, 0.4) is 0 Å². The van der Waals surface area contributed by atoms with Crippen LogP contribution < -0.4 is 0 Å². The number of nitrogens with zero attached hydrogens (tertiary/aromatic N) is 2. The van der Waals surface area contributed by atoms with Crippen LogP contribution in [0.2, 0.25) is 0 Å². The van der Waals surface area contributed by atoms with E-state index in [1.54, 1.807) is 0 Å². The zero-order valence-electron chi connectivity index (χ0n) is 14.3. The highest BCUT2D eigenvalue weighted by molar-refractivity contribution is 5.78. The average molecular weight is 322 g/mol. The normalized spacial score (nSPS) is 30.5. The summed E-state index contributed by atoms with van der Waals surface area (Å²) in [7, 11) is 0. The molecule has 2 saturated heterocycles. The van der Waals surface area contributed by atoms with E-state index in [0.717, 1.165) is 44.9 Å². The summed E-state index contributed by atoms with van der Waals surface area (Å²) in [6.07, 6.45) is 9.25. The Hall–Kier alpha value is -1.10. The number of rotatable bonds is 4. The quantitative estimate of drug-likeness (QED) is 0.745. The van der Waals surface area contributed by atoms with E-state index < -0.39 is 0 Å². The number of piperazine rings is 1. The van der Waals surface area contributed by atoms with Gasteiger partial charge in [0, 0.05) is 39.0 Å². The molecule has 0 bridgehead atoms. The summed E-state index contributed by atoms with van der Waals surface area (Å²) >= 11 is 0. The van der Waals surface area contributed by atoms with Crippen molar-refractivity contribution < 1.29 is 14.3 Å². The molecule has 3 aliphatic rings. The summed E-state index contributed by atoms with van der Waals surface area (Å²) in [5.74, 6) is 0.982. The van der Waals surface area contributed by atoms with Crippen LogP contribution in [0, 0.1) is 5.92 Å². The van der Waals surface area contributed by atoms with Crippen molar-refractivity contribution in [2.24, 2.45) is 5.92 Å². The van der Waals surface area contributed by atoms with Crippen LogP contribution in [0.15, 0.2) is 0 Å². The fourth-order valence-corrected chi connectivity index (χ4v) is 4.28. The van der Waals surface area contributed by atoms with Crippen LogP contribution in [0.25, 0.3) is 0 Å². The van der Waals surface area contributed by atoms with Gasteiger partial charge in [0.15, 0.2) is 0 Å². The highest BCUT2D eigenvalue weighted by Crippen LogP contribution is 2.27. The molecule has 3 rings (SSSR count). The molecule has 0 aromatic carbocycles. The Labute approximate surface area is 139 Å². The van der Waals surface area contributed by atoms with Crippen LogP contribution in [-0.4, -0.2) is 60.0 Å². The second-order valence-corrected chi connectivity index (χ2v) is 7.46. The molecule has 2 atom stereocenters. The number of hydrogen-bond acceptors (Lipinski definition) is 4. The van der Waals surface area contributed by atoms with Crippen molar-refractivity contribution in [1.82, 2.24) is 9.80 Å². The van der Waals surface area contributed by atoms with Gasteiger partial charge in [-0.1, -0.05) is 32.1 Å². The molecule has 0 aromatic heterocycles. The number of amides is 1. The van der Waals surface area contributed by atoms with E-state index in [4.69, 9.17) is 4.74 Å². The van der Waals surface area contributed by atoms with E-state index in [-0.39, 0.29) is 18.1 Å². The van der Waals surface area contributed by atoms with Crippen molar-refractivity contribution in [3.63, 3.8) is 0 Å². The number of carbonyl (C=O) groups excluding carboxylic acids is 2. The van der Waals surface area contributed by atoms with Gasteiger partial charge >= 0.3 is 5.97 Å². The largest absolute Gasteiger partial charge is 0.461 e. The van der Waals surface area contributed by atoms with E-state index in [9.17, 15) is 9.59 Å². The lowest BCUT2D eigenvalue weighted by molar-refractivity contribution is -0.145. The highest BCUT2D eigenvalue weighted by Gasteiger charge is 2.38. The van der Waals surface area contributed by atoms with E-state index in [2.05, 4.69) is 4.90 Å². The molecule has 23 heavy (non-hydrogen) atoms. The second kappa shape index (κ2) is 7.65. The van der Waals surface area contributed by atoms with Crippen molar-refractivity contribution in [3.8, 4) is 0 Å². The van der Waals surface area contributed by atoms with Crippen LogP contribution >= 0.6 is 0 Å². The lowest BCUT2D eigenvalue weighted by Crippen LogP contribution is -2.53. The maximum atomic E-state index is 12.4. The van der Waals surface area contributed by atoms with Crippen LogP contribution in [0.5, 0.6) is 0 Å². The van der Waals surface area contributed by atoms with Gasteiger partial charge in [0.2, 0.25) is 5.91 Å². The fourth-order valence-electron chi connectivity index (χ4n) is 4.28. The van der Waals surface area contributed by atoms with Crippen molar-refractivity contribution >= 4 is 11.9 Å². The standard InChI is InChI=1S/C18H30N2O3/c1-14-13-16(18(22)23-14)19-9-11-20(12-10-19)17(21)8-7-15-5-3-2-4-6-15/h14-16H,2-13H2,1H3. The Bertz CT molecular complexity index is 426. The molecule has 5 nitrogen and oxygen atoms in total. The summed E-state index contributed by atoms with van der Waals surface area (Å²) in [5.41, 5.74) is 0. The molecule has 1 aliphatic carbocycles. The molecular weight excluding hydrogens is 292 g/mol. The first-order valence-electron chi connectivity index (χ1n) is 9.36. The molecule has 1 saturated carbocycles. The van der Waals surface area contributed by atoms with E-state index in [0.29, 0.717) is 12.3 Å². The average Bonchev–Trinajstić information content (AvgIpc) is 2.92. The molecule has 2 aliphatic heterocycles. The number of ether oxygens (including phenoxy) is 1. The first kappa shape index (κ1) is 16.7. The maximum absolute atomic E-state index is 12.4. The molecule has 0 radical (unpaired) electrons. The van der Waals surface area contributed by atoms with Gasteiger partial charge in [0.1, 0.15) is 12.1 Å². The van der Waals surface area contributed by atoms with Crippen molar-refractivity contribution in [3.05, 3.63) is 0 Å². The van der Waals surface area contributed by atoms with Crippen LogP contribution in [0.4, 0.5) is 0 Å². The Morgan fingerprint density at radius 2 is 1.83 bits per heavy atom. The molecule has 2 heterocycles. The first-order chi connectivity index (χ1) is 11.1. The molecule has 0 N–H and O–H groups in total. The van der Waals surface area contributed by atoms with Gasteiger partial charge in [0.25, 0.3) is 0 Å². The summed E-state index contributed by atoms with van der Waals surface area (Å²) < 4.78 is 5.25. The molecule has 3 fully saturated rings. The molecule has 2 unspecified atom stereocenters. The predicted octanol–water partition coefficient (Wildman–Crippen LogP) is 2.20. The van der Waals surface area contributed by atoms with Crippen molar-refractivity contribution in [2.45, 2.75) is 70.4 Å². The molecule has 5 heteroatoms. The third-order valence-corrected chi connectivity index (χ3v) is 5.74. The molecule has 1 amide bonds. The van der Waals surface area contributed by atoms with E-state index in [1.165, 1.54) is 32.1 Å². The van der Waals surface area contributed by atoms with Crippen molar-refractivity contribution in [1.29, 1.82) is 0 Å². The smallest absolute Gasteiger partial charge is 0.323 e. The minimum absolute atomic E-state index is 0.0302. The minimum Gasteiger partial charge on any atom is -0.461 e. The SMILES string of the molecule is CC1CC(N2CCN(C(=O)CCC3CCCCC3)CC2)C(=O)O1. The van der Waals surface area contributed by atoms with Crippen LogP contribution in [0.1, 0.15) is 58.3 Å². The maximum Gasteiger partial charge on any atom is 0.323 e. The second-order valence-electron chi connectivity index (χ2n) is 7.46. The van der Waals surface area contributed by atoms with Gasteiger partial charge in [0.05, 0.1) is 0 Å². The lowest BCUT2D eigenvalue weighted by Gasteiger charge is -2.36. The lowest BCUT2D eigenvalue weighted by atomic mass is 9.86. The number of hydrogen-bond donors (Lipinski definition) is 0. The van der Waals surface area contributed by atoms with Crippen LogP contribution in [-0.2, 0) is 14.3 Å². The molecule has 0 spiro atoms. The Morgan fingerprint density at radius 3 is 2.43 bits per heavy atom. The summed E-state index contributed by atoms with van der Waals surface area (Å²) in [4.78, 5) is 28.4. The van der Waals surface area contributed by atoms with Gasteiger partial charge in [-0.15, -0.1) is 0 Å². The predicted molar refractivity (Wildman–Crippen MR) is 87.9 cm³/mol. The minimum atomic E-state index is -0.0931. The zero-order chi connectivity index (χ0) is 16.2. The Kier molecular flexibility index (Phi) is 5.57. The number of cyclic esters (lactones) is 1.